The van der Waals surface area contributed by atoms with Crippen LogP contribution in [-0.2, 0) is 0 Å². The zero-order chi connectivity index (χ0) is 14.9. The van der Waals surface area contributed by atoms with Crippen molar-refractivity contribution >= 4 is 22.9 Å². The highest BCUT2D eigenvalue weighted by molar-refractivity contribution is 6.69. The lowest BCUT2D eigenvalue weighted by Gasteiger charge is -2.17. The van der Waals surface area contributed by atoms with E-state index in [1.165, 1.54) is 0 Å². The van der Waals surface area contributed by atoms with Gasteiger partial charge in [-0.1, -0.05) is 12.1 Å². The van der Waals surface area contributed by atoms with Crippen LogP contribution in [0.3, 0.4) is 0 Å². The highest BCUT2D eigenvalue weighted by atomic mass is 16.3. The summed E-state index contributed by atoms with van der Waals surface area (Å²) < 4.78 is 0. The van der Waals surface area contributed by atoms with Crippen LogP contribution >= 0.6 is 0 Å². The molecule has 1 aromatic carbocycles. The Labute approximate surface area is 118 Å². The van der Waals surface area contributed by atoms with Gasteiger partial charge >= 0.3 is 0 Å². The lowest BCUT2D eigenvalue weighted by atomic mass is 10.2. The fraction of sp³-hybridized carbons (Fsp3) is 0.357. The largest absolute Gasteiger partial charge is 0.375 e. The first-order valence-electron chi connectivity index (χ1n) is 6.46. The third kappa shape index (κ3) is 2.76. The molecule has 0 spiro atoms. The first-order chi connectivity index (χ1) is 9.40. The molecule has 0 bridgehead atoms. The number of benzene rings is 1. The van der Waals surface area contributed by atoms with Gasteiger partial charge in [-0.25, -0.2) is 10.0 Å². The maximum Gasteiger partial charge on any atom is 0.169 e. The van der Waals surface area contributed by atoms with E-state index in [4.69, 9.17) is 11.1 Å². The van der Waals surface area contributed by atoms with E-state index in [-0.39, 0.29) is 6.04 Å². The molecule has 0 aromatic heterocycles. The maximum absolute atomic E-state index is 9.26. The van der Waals surface area contributed by atoms with E-state index in [0.717, 1.165) is 5.71 Å². The first kappa shape index (κ1) is 14.4. The third-order valence-electron chi connectivity index (χ3n) is 3.02. The van der Waals surface area contributed by atoms with Crippen LogP contribution in [0.4, 0.5) is 5.69 Å². The number of hydrazone groups is 1. The lowest BCUT2D eigenvalue weighted by Crippen LogP contribution is -2.31. The molecule has 1 unspecified atom stereocenters. The van der Waals surface area contributed by atoms with Crippen LogP contribution in [0, 0.1) is 5.41 Å². The smallest absolute Gasteiger partial charge is 0.169 e. The summed E-state index contributed by atoms with van der Waals surface area (Å²) in [7, 11) is 0. The van der Waals surface area contributed by atoms with Crippen molar-refractivity contribution in [1.82, 2.24) is 5.01 Å². The molecule has 20 heavy (non-hydrogen) atoms. The summed E-state index contributed by atoms with van der Waals surface area (Å²) in [6.07, 6.45) is -0.985. The van der Waals surface area contributed by atoms with Crippen LogP contribution in [0.25, 0.3) is 0 Å². The molecule has 1 atom stereocenters. The third-order valence-corrected chi connectivity index (χ3v) is 3.02. The monoisotopic (exact) mass is 273 g/mol. The van der Waals surface area contributed by atoms with Gasteiger partial charge in [0, 0.05) is 6.04 Å². The van der Waals surface area contributed by atoms with Crippen molar-refractivity contribution in [3.63, 3.8) is 0 Å². The Morgan fingerprint density at radius 3 is 2.35 bits per heavy atom. The molecule has 0 amide bonds. The van der Waals surface area contributed by atoms with Crippen molar-refractivity contribution < 1.29 is 5.11 Å². The van der Waals surface area contributed by atoms with Crippen molar-refractivity contribution in [2.45, 2.75) is 33.0 Å². The summed E-state index contributed by atoms with van der Waals surface area (Å²) in [5.41, 5.74) is 8.01. The van der Waals surface area contributed by atoms with E-state index in [1.54, 1.807) is 29.3 Å². The normalized spacial score (nSPS) is 18.9. The Morgan fingerprint density at radius 1 is 1.30 bits per heavy atom. The van der Waals surface area contributed by atoms with Gasteiger partial charge in [0.25, 0.3) is 0 Å². The predicted molar refractivity (Wildman–Crippen MR) is 80.5 cm³/mol. The first-order valence-corrected chi connectivity index (χ1v) is 6.46. The molecule has 0 saturated carbocycles. The Balaban J connectivity index is 2.27. The second-order valence-corrected chi connectivity index (χ2v) is 4.97. The molecule has 1 heterocycles. The van der Waals surface area contributed by atoms with Crippen molar-refractivity contribution in [2.24, 2.45) is 15.8 Å². The molecule has 106 valence electrons. The summed E-state index contributed by atoms with van der Waals surface area (Å²) in [5, 5.41) is 23.3. The summed E-state index contributed by atoms with van der Waals surface area (Å²) in [6, 6.07) is 7.08. The number of rotatable bonds is 3. The van der Waals surface area contributed by atoms with E-state index in [9.17, 15) is 5.11 Å². The van der Waals surface area contributed by atoms with E-state index in [1.807, 2.05) is 20.8 Å². The molecule has 1 aliphatic rings. The zero-order valence-corrected chi connectivity index (χ0v) is 11.8. The summed E-state index contributed by atoms with van der Waals surface area (Å²) in [5.74, 6) is 0.306. The van der Waals surface area contributed by atoms with Crippen LogP contribution < -0.4 is 5.73 Å². The minimum Gasteiger partial charge on any atom is -0.375 e. The van der Waals surface area contributed by atoms with E-state index in [0.29, 0.717) is 22.8 Å². The van der Waals surface area contributed by atoms with Crippen LogP contribution in [0.2, 0.25) is 0 Å². The molecule has 2 rings (SSSR count). The SMILES string of the molecule is CC1=NN(C(C)C)C(=N)C1=Nc1ccc(C(N)O)cc1. The van der Waals surface area contributed by atoms with Gasteiger partial charge < -0.3 is 10.8 Å². The number of hydrogen-bond acceptors (Lipinski definition) is 5. The Kier molecular flexibility index (Phi) is 3.96. The summed E-state index contributed by atoms with van der Waals surface area (Å²) in [4.78, 5) is 4.45. The number of hydrogen-bond donors (Lipinski definition) is 3. The topological polar surface area (TPSA) is 98.1 Å². The van der Waals surface area contributed by atoms with Gasteiger partial charge in [-0.2, -0.15) is 5.10 Å². The zero-order valence-electron chi connectivity index (χ0n) is 11.8. The number of aliphatic hydroxyl groups excluding tert-OH is 1. The molecule has 1 aliphatic heterocycles. The number of nitrogens with one attached hydrogen (secondary N) is 1. The summed E-state index contributed by atoms with van der Waals surface area (Å²) in [6.45, 7) is 5.80. The second-order valence-electron chi connectivity index (χ2n) is 4.97. The maximum atomic E-state index is 9.26. The minimum atomic E-state index is -0.985. The van der Waals surface area contributed by atoms with Crippen molar-refractivity contribution in [3.05, 3.63) is 29.8 Å². The quantitative estimate of drug-likeness (QED) is 0.732. The average Bonchev–Trinajstić information content (AvgIpc) is 2.67. The van der Waals surface area contributed by atoms with Gasteiger partial charge in [-0.05, 0) is 38.5 Å². The van der Waals surface area contributed by atoms with Crippen molar-refractivity contribution in [1.29, 1.82) is 5.41 Å². The van der Waals surface area contributed by atoms with Gasteiger partial charge in [-0.15, -0.1) is 0 Å². The van der Waals surface area contributed by atoms with Crippen LogP contribution in [0.15, 0.2) is 34.4 Å². The lowest BCUT2D eigenvalue weighted by molar-refractivity contribution is 0.186. The van der Waals surface area contributed by atoms with Gasteiger partial charge in [0.1, 0.15) is 11.9 Å². The standard InChI is InChI=1S/C14H19N5O/c1-8(2)19-13(15)12(9(3)18-19)17-11-6-4-10(5-7-11)14(16)20/h4-8,14-15,20H,16H2,1-3H3. The molecular weight excluding hydrogens is 254 g/mol. The van der Waals surface area contributed by atoms with Crippen LogP contribution in [-0.4, -0.2) is 33.4 Å². The Hall–Kier alpha value is -2.05. The van der Waals surface area contributed by atoms with Gasteiger partial charge in [0.2, 0.25) is 0 Å². The van der Waals surface area contributed by atoms with Gasteiger partial charge in [0.05, 0.1) is 11.4 Å². The molecular formula is C14H19N5O. The summed E-state index contributed by atoms with van der Waals surface area (Å²) >= 11 is 0. The number of aliphatic imine (C=N–C) groups is 1. The molecule has 6 heteroatoms. The molecule has 0 fully saturated rings. The van der Waals surface area contributed by atoms with Crippen molar-refractivity contribution in [3.8, 4) is 0 Å². The molecule has 0 radical (unpaired) electrons. The van der Waals surface area contributed by atoms with E-state index >= 15 is 0 Å². The van der Waals surface area contributed by atoms with Crippen molar-refractivity contribution in [2.75, 3.05) is 0 Å². The van der Waals surface area contributed by atoms with E-state index in [2.05, 4.69) is 10.1 Å². The molecule has 0 aliphatic carbocycles. The number of nitrogens with zero attached hydrogens (tertiary/aromatic N) is 3. The fourth-order valence-electron chi connectivity index (χ4n) is 1.92. The fourth-order valence-corrected chi connectivity index (χ4v) is 1.92. The highest BCUT2D eigenvalue weighted by Gasteiger charge is 2.27. The Bertz CT molecular complexity index is 572. The second kappa shape index (κ2) is 5.52. The van der Waals surface area contributed by atoms with Gasteiger partial charge in [-0.3, -0.25) is 5.41 Å². The number of aliphatic hydroxyl groups is 1. The van der Waals surface area contributed by atoms with Crippen LogP contribution in [0.1, 0.15) is 32.6 Å². The molecule has 0 saturated heterocycles. The van der Waals surface area contributed by atoms with Crippen LogP contribution in [0.5, 0.6) is 0 Å². The molecule has 6 nitrogen and oxygen atoms in total. The highest BCUT2D eigenvalue weighted by Crippen LogP contribution is 2.19. The van der Waals surface area contributed by atoms with E-state index < -0.39 is 6.23 Å². The molecule has 1 aromatic rings. The predicted octanol–water partition coefficient (Wildman–Crippen LogP) is 1.79. The number of nitrogens with two attached hydrogens (primary N) is 1. The van der Waals surface area contributed by atoms with Gasteiger partial charge in [0.15, 0.2) is 5.84 Å². The average molecular weight is 273 g/mol. The Morgan fingerprint density at radius 2 is 1.90 bits per heavy atom. The minimum absolute atomic E-state index is 0.125. The molecule has 4 N–H and O–H groups in total. The number of amidine groups is 1.